The number of benzene rings is 2. The van der Waals surface area contributed by atoms with Gasteiger partial charge in [0.25, 0.3) is 0 Å². The lowest BCUT2D eigenvalue weighted by Gasteiger charge is -2.22. The zero-order valence-corrected chi connectivity index (χ0v) is 12.0. The topological polar surface area (TPSA) is 58.4 Å². The number of hydrazine groups is 1. The molecular formula is C17H21N3O. The average molecular weight is 283 g/mol. The Morgan fingerprint density at radius 1 is 0.905 bits per heavy atom. The zero-order valence-electron chi connectivity index (χ0n) is 12.0. The third-order valence-corrected chi connectivity index (χ3v) is 3.31. The minimum atomic E-state index is -0.138. The summed E-state index contributed by atoms with van der Waals surface area (Å²) in [5, 5.41) is 0. The van der Waals surface area contributed by atoms with Gasteiger partial charge in [-0.3, -0.25) is 15.1 Å². The first-order valence-corrected chi connectivity index (χ1v) is 7.07. The number of carbonyl (C=O) groups excluding carboxylic acids is 1. The fraction of sp³-hybridized carbons (Fsp3) is 0.235. The van der Waals surface area contributed by atoms with Gasteiger partial charge in [0.15, 0.2) is 0 Å². The molecule has 21 heavy (non-hydrogen) atoms. The number of hydrogen-bond acceptors (Lipinski definition) is 3. The highest BCUT2D eigenvalue weighted by molar-refractivity contribution is 5.75. The Bertz CT molecular complexity index is 501. The van der Waals surface area contributed by atoms with Crippen LogP contribution in [0.25, 0.3) is 0 Å². The van der Waals surface area contributed by atoms with Crippen molar-refractivity contribution in [3.8, 4) is 0 Å². The molecule has 0 atom stereocenters. The third-order valence-electron chi connectivity index (χ3n) is 3.31. The van der Waals surface area contributed by atoms with E-state index in [2.05, 4.69) is 34.6 Å². The maximum Gasteiger partial charge on any atom is 0.235 e. The SMILES string of the molecule is NNC(=O)CCN(Cc1ccccc1)Cc1ccccc1. The molecule has 0 saturated carbocycles. The Hall–Kier alpha value is -2.17. The number of nitrogens with two attached hydrogens (primary N) is 1. The van der Waals surface area contributed by atoms with Gasteiger partial charge in [0.05, 0.1) is 0 Å². The van der Waals surface area contributed by atoms with Gasteiger partial charge in [-0.05, 0) is 11.1 Å². The molecule has 0 spiro atoms. The molecular weight excluding hydrogens is 262 g/mol. The lowest BCUT2D eigenvalue weighted by atomic mass is 10.1. The Kier molecular flexibility index (Phi) is 5.94. The molecule has 0 unspecified atom stereocenters. The van der Waals surface area contributed by atoms with E-state index in [9.17, 15) is 4.79 Å². The molecule has 0 aromatic heterocycles. The molecule has 1 amide bonds. The Morgan fingerprint density at radius 3 is 1.81 bits per heavy atom. The molecule has 3 N–H and O–H groups in total. The number of hydrogen-bond donors (Lipinski definition) is 2. The van der Waals surface area contributed by atoms with Crippen molar-refractivity contribution >= 4 is 5.91 Å². The van der Waals surface area contributed by atoms with Gasteiger partial charge in [0, 0.05) is 26.1 Å². The van der Waals surface area contributed by atoms with Crippen LogP contribution in [0.15, 0.2) is 60.7 Å². The molecule has 0 aliphatic heterocycles. The van der Waals surface area contributed by atoms with E-state index in [1.54, 1.807) is 0 Å². The molecule has 2 aromatic rings. The second-order valence-corrected chi connectivity index (χ2v) is 5.00. The van der Waals surface area contributed by atoms with E-state index in [4.69, 9.17) is 5.84 Å². The minimum absolute atomic E-state index is 0.138. The molecule has 0 radical (unpaired) electrons. The fourth-order valence-electron chi connectivity index (χ4n) is 2.23. The van der Waals surface area contributed by atoms with Gasteiger partial charge in [-0.15, -0.1) is 0 Å². The first-order chi connectivity index (χ1) is 10.3. The normalized spacial score (nSPS) is 10.6. The van der Waals surface area contributed by atoms with E-state index in [-0.39, 0.29) is 5.91 Å². The summed E-state index contributed by atoms with van der Waals surface area (Å²) in [7, 11) is 0. The van der Waals surface area contributed by atoms with E-state index in [0.29, 0.717) is 13.0 Å². The summed E-state index contributed by atoms with van der Waals surface area (Å²) in [6, 6.07) is 20.5. The summed E-state index contributed by atoms with van der Waals surface area (Å²) in [6.45, 7) is 2.30. The van der Waals surface area contributed by atoms with Gasteiger partial charge in [0.1, 0.15) is 0 Å². The lowest BCUT2D eigenvalue weighted by Crippen LogP contribution is -2.34. The first-order valence-electron chi connectivity index (χ1n) is 7.07. The number of carbonyl (C=O) groups is 1. The molecule has 4 nitrogen and oxygen atoms in total. The molecule has 0 saturated heterocycles. The predicted octanol–water partition coefficient (Wildman–Crippen LogP) is 2.07. The first kappa shape index (κ1) is 15.2. The van der Waals surface area contributed by atoms with Crippen molar-refractivity contribution in [2.75, 3.05) is 6.54 Å². The largest absolute Gasteiger partial charge is 0.294 e. The van der Waals surface area contributed by atoms with Crippen molar-refractivity contribution in [2.24, 2.45) is 5.84 Å². The van der Waals surface area contributed by atoms with Gasteiger partial charge in [-0.25, -0.2) is 5.84 Å². The van der Waals surface area contributed by atoms with Crippen LogP contribution in [0.4, 0.5) is 0 Å². The van der Waals surface area contributed by atoms with Crippen molar-refractivity contribution in [3.63, 3.8) is 0 Å². The monoisotopic (exact) mass is 283 g/mol. The zero-order chi connectivity index (χ0) is 14.9. The summed E-state index contributed by atoms with van der Waals surface area (Å²) in [5.74, 6) is 5.01. The minimum Gasteiger partial charge on any atom is -0.294 e. The van der Waals surface area contributed by atoms with Crippen LogP contribution in [0.5, 0.6) is 0 Å². The number of nitrogens with zero attached hydrogens (tertiary/aromatic N) is 1. The molecule has 0 bridgehead atoms. The predicted molar refractivity (Wildman–Crippen MR) is 83.9 cm³/mol. The Morgan fingerprint density at radius 2 is 1.38 bits per heavy atom. The Balaban J connectivity index is 2.01. The highest BCUT2D eigenvalue weighted by atomic mass is 16.2. The van der Waals surface area contributed by atoms with E-state index >= 15 is 0 Å². The molecule has 0 aliphatic carbocycles. The van der Waals surface area contributed by atoms with Crippen LogP contribution in [0.1, 0.15) is 17.5 Å². The van der Waals surface area contributed by atoms with Crippen molar-refractivity contribution in [3.05, 3.63) is 71.8 Å². The quantitative estimate of drug-likeness (QED) is 0.464. The van der Waals surface area contributed by atoms with E-state index in [1.807, 2.05) is 36.4 Å². The van der Waals surface area contributed by atoms with Crippen LogP contribution in [-0.4, -0.2) is 17.4 Å². The summed E-state index contributed by atoms with van der Waals surface area (Å²) < 4.78 is 0. The van der Waals surface area contributed by atoms with Gasteiger partial charge < -0.3 is 0 Å². The summed E-state index contributed by atoms with van der Waals surface area (Å²) in [5.41, 5.74) is 4.66. The molecule has 0 aliphatic rings. The maximum atomic E-state index is 11.4. The standard InChI is InChI=1S/C17H21N3O/c18-19-17(21)11-12-20(13-15-7-3-1-4-8-15)14-16-9-5-2-6-10-16/h1-10H,11-14,18H2,(H,19,21). The van der Waals surface area contributed by atoms with Gasteiger partial charge >= 0.3 is 0 Å². The molecule has 0 fully saturated rings. The maximum absolute atomic E-state index is 11.4. The van der Waals surface area contributed by atoms with Gasteiger partial charge in [0.2, 0.25) is 5.91 Å². The number of amides is 1. The summed E-state index contributed by atoms with van der Waals surface area (Å²) >= 11 is 0. The smallest absolute Gasteiger partial charge is 0.235 e. The van der Waals surface area contributed by atoms with Crippen molar-refractivity contribution in [2.45, 2.75) is 19.5 Å². The Labute approximate surface area is 125 Å². The van der Waals surface area contributed by atoms with Crippen LogP contribution < -0.4 is 11.3 Å². The van der Waals surface area contributed by atoms with Crippen LogP contribution >= 0.6 is 0 Å². The third kappa shape index (κ3) is 5.38. The molecule has 2 rings (SSSR count). The van der Waals surface area contributed by atoms with Gasteiger partial charge in [-0.1, -0.05) is 60.7 Å². The average Bonchev–Trinajstić information content (AvgIpc) is 2.54. The van der Waals surface area contributed by atoms with Crippen LogP contribution in [0.2, 0.25) is 0 Å². The van der Waals surface area contributed by atoms with E-state index < -0.39 is 0 Å². The number of rotatable bonds is 7. The van der Waals surface area contributed by atoms with E-state index in [0.717, 1.165) is 13.1 Å². The second kappa shape index (κ2) is 8.19. The fourth-order valence-corrected chi connectivity index (χ4v) is 2.23. The van der Waals surface area contributed by atoms with E-state index in [1.165, 1.54) is 11.1 Å². The summed E-state index contributed by atoms with van der Waals surface area (Å²) in [6.07, 6.45) is 0.399. The highest BCUT2D eigenvalue weighted by Gasteiger charge is 2.09. The van der Waals surface area contributed by atoms with Crippen LogP contribution in [0.3, 0.4) is 0 Å². The van der Waals surface area contributed by atoms with Crippen molar-refractivity contribution < 1.29 is 4.79 Å². The molecule has 110 valence electrons. The highest BCUT2D eigenvalue weighted by Crippen LogP contribution is 2.10. The molecule has 0 heterocycles. The van der Waals surface area contributed by atoms with Crippen LogP contribution in [0, 0.1) is 0 Å². The van der Waals surface area contributed by atoms with Crippen LogP contribution in [-0.2, 0) is 17.9 Å². The summed E-state index contributed by atoms with van der Waals surface area (Å²) in [4.78, 5) is 13.6. The number of nitrogens with one attached hydrogen (secondary N) is 1. The molecule has 2 aromatic carbocycles. The van der Waals surface area contributed by atoms with Crippen molar-refractivity contribution in [1.82, 2.24) is 10.3 Å². The molecule has 4 heteroatoms. The second-order valence-electron chi connectivity index (χ2n) is 5.00. The van der Waals surface area contributed by atoms with Crippen molar-refractivity contribution in [1.29, 1.82) is 0 Å². The lowest BCUT2D eigenvalue weighted by molar-refractivity contribution is -0.121. The van der Waals surface area contributed by atoms with Gasteiger partial charge in [-0.2, -0.15) is 0 Å².